The van der Waals surface area contributed by atoms with E-state index in [4.69, 9.17) is 9.47 Å². The van der Waals surface area contributed by atoms with Crippen molar-refractivity contribution in [2.75, 3.05) is 14.2 Å². The van der Waals surface area contributed by atoms with Gasteiger partial charge in [-0.2, -0.15) is 0 Å². The molecule has 0 aliphatic carbocycles. The first-order chi connectivity index (χ1) is 14.4. The zero-order valence-corrected chi connectivity index (χ0v) is 17.6. The van der Waals surface area contributed by atoms with E-state index in [1.807, 2.05) is 6.92 Å². The van der Waals surface area contributed by atoms with E-state index < -0.39 is 22.0 Å². The summed E-state index contributed by atoms with van der Waals surface area (Å²) in [4.78, 5) is 13.4. The summed E-state index contributed by atoms with van der Waals surface area (Å²) >= 11 is 0. The van der Waals surface area contributed by atoms with Crippen molar-refractivity contribution in [3.05, 3.63) is 89.0 Å². The molecule has 0 unspecified atom stereocenters. The number of methoxy groups -OCH3 is 2. The minimum Gasteiger partial charge on any atom is -0.497 e. The van der Waals surface area contributed by atoms with Crippen molar-refractivity contribution in [2.24, 2.45) is 0 Å². The summed E-state index contributed by atoms with van der Waals surface area (Å²) in [6.07, 6.45) is 0. The average molecular weight is 423 g/mol. The first kappa shape index (κ1) is 20.0. The maximum Gasteiger partial charge on any atom is 0.268 e. The zero-order chi connectivity index (χ0) is 21.5. The number of sulfonamides is 1. The lowest BCUT2D eigenvalue weighted by Crippen LogP contribution is -2.35. The van der Waals surface area contributed by atoms with Crippen LogP contribution in [0.3, 0.4) is 0 Å². The van der Waals surface area contributed by atoms with Gasteiger partial charge in [0.25, 0.3) is 15.9 Å². The molecule has 0 bridgehead atoms. The summed E-state index contributed by atoms with van der Waals surface area (Å²) < 4.78 is 38.7. The second-order valence-corrected chi connectivity index (χ2v) is 8.87. The molecule has 1 aliphatic heterocycles. The minimum absolute atomic E-state index is 0.0640. The highest BCUT2D eigenvalue weighted by atomic mass is 32.2. The molecule has 4 rings (SSSR count). The second-order valence-electron chi connectivity index (χ2n) is 7.05. The largest absolute Gasteiger partial charge is 0.497 e. The highest BCUT2D eigenvalue weighted by Gasteiger charge is 2.45. The van der Waals surface area contributed by atoms with Crippen LogP contribution in [-0.4, -0.2) is 32.8 Å². The second kappa shape index (κ2) is 7.50. The Bertz CT molecular complexity index is 1220. The molecule has 3 aromatic carbocycles. The lowest BCUT2D eigenvalue weighted by Gasteiger charge is -2.25. The maximum absolute atomic E-state index is 13.6. The van der Waals surface area contributed by atoms with Gasteiger partial charge in [0, 0.05) is 5.56 Å². The third kappa shape index (κ3) is 3.21. The fraction of sp³-hybridized carbons (Fsp3) is 0.174. The number of benzene rings is 3. The molecule has 0 saturated carbocycles. The van der Waals surface area contributed by atoms with Gasteiger partial charge in [-0.05, 0) is 60.5 Å². The topological polar surface area (TPSA) is 72.9 Å². The van der Waals surface area contributed by atoms with Crippen molar-refractivity contribution in [1.29, 1.82) is 0 Å². The molecule has 7 heteroatoms. The van der Waals surface area contributed by atoms with E-state index in [2.05, 4.69) is 0 Å². The number of ether oxygens (including phenoxy) is 2. The molecule has 0 N–H and O–H groups in total. The number of amides is 1. The van der Waals surface area contributed by atoms with Crippen LogP contribution in [0.15, 0.2) is 71.6 Å². The third-order valence-corrected chi connectivity index (χ3v) is 6.97. The van der Waals surface area contributed by atoms with Crippen LogP contribution in [0.1, 0.15) is 33.1 Å². The van der Waals surface area contributed by atoms with E-state index in [1.165, 1.54) is 26.4 Å². The highest BCUT2D eigenvalue weighted by Crippen LogP contribution is 2.43. The van der Waals surface area contributed by atoms with E-state index in [0.717, 1.165) is 9.87 Å². The Morgan fingerprint density at radius 1 is 0.867 bits per heavy atom. The number of carbonyl (C=O) groups is 1. The standard InChI is InChI=1S/C23H21NO5S/c1-15-7-10-19(11-8-15)30(26,27)24-22(16-5-4-6-17(13-16)28-2)21-14-18(29-3)9-12-20(21)23(24)25/h4-14,22H,1-3H3/t22-/m1/s1. The number of aryl methyl sites for hydroxylation is 1. The number of hydrogen-bond acceptors (Lipinski definition) is 5. The number of hydrogen-bond donors (Lipinski definition) is 0. The van der Waals surface area contributed by atoms with Crippen LogP contribution < -0.4 is 9.47 Å². The van der Waals surface area contributed by atoms with Gasteiger partial charge in [-0.1, -0.05) is 29.8 Å². The van der Waals surface area contributed by atoms with Gasteiger partial charge in [0.1, 0.15) is 11.5 Å². The number of carbonyl (C=O) groups excluding carboxylic acids is 1. The van der Waals surface area contributed by atoms with Crippen molar-refractivity contribution < 1.29 is 22.7 Å². The minimum atomic E-state index is -4.11. The summed E-state index contributed by atoms with van der Waals surface area (Å²) in [5.41, 5.74) is 2.46. The molecule has 154 valence electrons. The molecule has 0 saturated heterocycles. The van der Waals surface area contributed by atoms with E-state index in [-0.39, 0.29) is 4.90 Å². The Kier molecular flexibility index (Phi) is 4.99. The van der Waals surface area contributed by atoms with Gasteiger partial charge in [0.15, 0.2) is 0 Å². The molecule has 0 fully saturated rings. The summed E-state index contributed by atoms with van der Waals surface area (Å²) in [5, 5.41) is 0. The lowest BCUT2D eigenvalue weighted by atomic mass is 9.98. The predicted molar refractivity (Wildman–Crippen MR) is 112 cm³/mol. The fourth-order valence-corrected chi connectivity index (χ4v) is 5.19. The monoisotopic (exact) mass is 423 g/mol. The smallest absolute Gasteiger partial charge is 0.268 e. The van der Waals surface area contributed by atoms with Gasteiger partial charge in [-0.25, -0.2) is 12.7 Å². The molecule has 0 spiro atoms. The summed E-state index contributed by atoms with van der Waals surface area (Å²) in [6, 6.07) is 17.7. The van der Waals surface area contributed by atoms with E-state index >= 15 is 0 Å². The van der Waals surface area contributed by atoms with Gasteiger partial charge in [0.05, 0.1) is 25.2 Å². The molecular weight excluding hydrogens is 402 g/mol. The van der Waals surface area contributed by atoms with Crippen LogP contribution in [-0.2, 0) is 10.0 Å². The van der Waals surface area contributed by atoms with Crippen LogP contribution >= 0.6 is 0 Å². The SMILES string of the molecule is COc1cccc([C@@H]2c3cc(OC)ccc3C(=O)N2S(=O)(=O)c2ccc(C)cc2)c1. The average Bonchev–Trinajstić information content (AvgIpc) is 3.06. The van der Waals surface area contributed by atoms with Crippen molar-refractivity contribution in [2.45, 2.75) is 17.9 Å². The molecule has 6 nitrogen and oxygen atoms in total. The molecule has 30 heavy (non-hydrogen) atoms. The van der Waals surface area contributed by atoms with Crippen molar-refractivity contribution in [3.63, 3.8) is 0 Å². The lowest BCUT2D eigenvalue weighted by molar-refractivity contribution is 0.0865. The molecule has 1 aliphatic rings. The van der Waals surface area contributed by atoms with Crippen LogP contribution in [0.25, 0.3) is 0 Å². The first-order valence-corrected chi connectivity index (χ1v) is 10.8. The quantitative estimate of drug-likeness (QED) is 0.621. The van der Waals surface area contributed by atoms with Gasteiger partial charge in [0.2, 0.25) is 0 Å². The van der Waals surface area contributed by atoms with Crippen LogP contribution in [0, 0.1) is 6.92 Å². The summed E-state index contributed by atoms with van der Waals surface area (Å²) in [7, 11) is -1.04. The van der Waals surface area contributed by atoms with Crippen LogP contribution in [0.2, 0.25) is 0 Å². The molecular formula is C23H21NO5S. The summed E-state index contributed by atoms with van der Waals surface area (Å²) in [5.74, 6) is 0.550. The van der Waals surface area contributed by atoms with Crippen molar-refractivity contribution in [1.82, 2.24) is 4.31 Å². The van der Waals surface area contributed by atoms with E-state index in [0.29, 0.717) is 28.2 Å². The maximum atomic E-state index is 13.6. The zero-order valence-electron chi connectivity index (χ0n) is 16.8. The first-order valence-electron chi connectivity index (χ1n) is 9.34. The van der Waals surface area contributed by atoms with Gasteiger partial charge in [-0.15, -0.1) is 0 Å². The van der Waals surface area contributed by atoms with Crippen LogP contribution in [0.5, 0.6) is 11.5 Å². The van der Waals surface area contributed by atoms with E-state index in [9.17, 15) is 13.2 Å². The number of nitrogens with zero attached hydrogens (tertiary/aromatic N) is 1. The molecule has 0 radical (unpaired) electrons. The molecule has 0 aromatic heterocycles. The van der Waals surface area contributed by atoms with Gasteiger partial charge < -0.3 is 9.47 Å². The van der Waals surface area contributed by atoms with Gasteiger partial charge in [-0.3, -0.25) is 4.79 Å². The Morgan fingerprint density at radius 3 is 2.20 bits per heavy atom. The predicted octanol–water partition coefficient (Wildman–Crippen LogP) is 3.95. The molecule has 3 aromatic rings. The normalized spacial score (nSPS) is 15.8. The fourth-order valence-electron chi connectivity index (χ4n) is 3.65. The molecule has 1 amide bonds. The van der Waals surface area contributed by atoms with E-state index in [1.54, 1.807) is 54.6 Å². The molecule has 1 atom stereocenters. The van der Waals surface area contributed by atoms with Crippen molar-refractivity contribution in [3.8, 4) is 11.5 Å². The Morgan fingerprint density at radius 2 is 1.53 bits per heavy atom. The summed E-state index contributed by atoms with van der Waals surface area (Å²) in [6.45, 7) is 1.87. The highest BCUT2D eigenvalue weighted by molar-refractivity contribution is 7.89. The third-order valence-electron chi connectivity index (χ3n) is 5.21. The van der Waals surface area contributed by atoms with Crippen LogP contribution in [0.4, 0.5) is 0 Å². The Hall–Kier alpha value is -3.32. The Balaban J connectivity index is 1.94. The number of fused-ring (bicyclic) bond motifs is 1. The Labute approximate surface area is 175 Å². The van der Waals surface area contributed by atoms with Crippen molar-refractivity contribution >= 4 is 15.9 Å². The number of rotatable bonds is 5. The van der Waals surface area contributed by atoms with Gasteiger partial charge >= 0.3 is 0 Å². The molecule has 1 heterocycles.